The SMILES string of the molecule is CC(C)c1cc2c(cc1NC(=O)Nc1ccc(C(F)(F)F)cc1)[C@@]1(C)CCC[C@@](C)(C(=O)O)[C@@H]1CC2. The molecule has 36 heavy (non-hydrogen) atoms. The number of carboxylic acid groups (broad SMARTS) is 1. The number of aliphatic carboxylic acids is 1. The van der Waals surface area contributed by atoms with Crippen LogP contribution in [0.4, 0.5) is 29.3 Å². The van der Waals surface area contributed by atoms with Crippen LogP contribution in [0.2, 0.25) is 0 Å². The lowest BCUT2D eigenvalue weighted by Crippen LogP contribution is -2.52. The molecule has 0 spiro atoms. The molecule has 8 heteroatoms. The Morgan fingerprint density at radius 1 is 1.06 bits per heavy atom. The van der Waals surface area contributed by atoms with Crippen molar-refractivity contribution in [3.8, 4) is 0 Å². The van der Waals surface area contributed by atoms with Crippen LogP contribution >= 0.6 is 0 Å². The van der Waals surface area contributed by atoms with Crippen molar-refractivity contribution in [2.45, 2.75) is 77.3 Å². The molecule has 0 unspecified atom stereocenters. The molecule has 194 valence electrons. The van der Waals surface area contributed by atoms with Crippen LogP contribution in [0.1, 0.15) is 81.5 Å². The Labute approximate surface area is 209 Å². The van der Waals surface area contributed by atoms with Crippen molar-refractivity contribution in [2.75, 3.05) is 10.6 Å². The van der Waals surface area contributed by atoms with Gasteiger partial charge >= 0.3 is 18.2 Å². The van der Waals surface area contributed by atoms with Crippen molar-refractivity contribution in [2.24, 2.45) is 11.3 Å². The Kier molecular flexibility index (Phi) is 6.60. The van der Waals surface area contributed by atoms with Crippen LogP contribution in [0.25, 0.3) is 0 Å². The second-order valence-electron chi connectivity index (χ2n) is 11.0. The van der Waals surface area contributed by atoms with Crippen molar-refractivity contribution in [3.05, 3.63) is 58.7 Å². The van der Waals surface area contributed by atoms with E-state index >= 15 is 0 Å². The highest BCUT2D eigenvalue weighted by atomic mass is 19.4. The van der Waals surface area contributed by atoms with E-state index in [4.69, 9.17) is 0 Å². The van der Waals surface area contributed by atoms with E-state index in [9.17, 15) is 27.9 Å². The molecule has 2 aromatic rings. The molecule has 0 saturated heterocycles. The summed E-state index contributed by atoms with van der Waals surface area (Å²) < 4.78 is 38.5. The summed E-state index contributed by atoms with van der Waals surface area (Å²) in [4.78, 5) is 25.1. The first kappa shape index (κ1) is 26.0. The molecule has 0 bridgehead atoms. The molecule has 4 rings (SSSR count). The number of fused-ring (bicyclic) bond motifs is 3. The number of carbonyl (C=O) groups excluding carboxylic acids is 1. The van der Waals surface area contributed by atoms with E-state index in [1.807, 2.05) is 26.8 Å². The zero-order chi connectivity index (χ0) is 26.5. The minimum absolute atomic E-state index is 0.0116. The Morgan fingerprint density at radius 3 is 2.31 bits per heavy atom. The summed E-state index contributed by atoms with van der Waals surface area (Å²) >= 11 is 0. The molecule has 2 amide bonds. The lowest BCUT2D eigenvalue weighted by Gasteiger charge is -2.53. The van der Waals surface area contributed by atoms with Gasteiger partial charge in [-0.1, -0.05) is 33.3 Å². The minimum atomic E-state index is -4.44. The molecule has 0 aromatic heterocycles. The van der Waals surface area contributed by atoms with E-state index < -0.39 is 29.2 Å². The fourth-order valence-corrected chi connectivity index (χ4v) is 6.40. The summed E-state index contributed by atoms with van der Waals surface area (Å²) in [6.45, 7) is 8.09. The van der Waals surface area contributed by atoms with Gasteiger partial charge in [0.25, 0.3) is 0 Å². The largest absolute Gasteiger partial charge is 0.481 e. The third-order valence-electron chi connectivity index (χ3n) is 8.35. The van der Waals surface area contributed by atoms with Gasteiger partial charge in [0.1, 0.15) is 0 Å². The lowest BCUT2D eigenvalue weighted by molar-refractivity contribution is -0.157. The summed E-state index contributed by atoms with van der Waals surface area (Å²) in [7, 11) is 0. The second kappa shape index (κ2) is 9.12. The molecule has 5 nitrogen and oxygen atoms in total. The normalized spacial score (nSPS) is 25.6. The van der Waals surface area contributed by atoms with Gasteiger partial charge in [0, 0.05) is 11.4 Å². The number of alkyl halides is 3. The van der Waals surface area contributed by atoms with E-state index in [0.717, 1.165) is 48.9 Å². The molecule has 1 saturated carbocycles. The predicted molar refractivity (Wildman–Crippen MR) is 133 cm³/mol. The van der Waals surface area contributed by atoms with Crippen molar-refractivity contribution in [1.82, 2.24) is 0 Å². The third-order valence-corrected chi connectivity index (χ3v) is 8.35. The summed E-state index contributed by atoms with van der Waals surface area (Å²) in [5, 5.41) is 15.6. The number of halogens is 3. The van der Waals surface area contributed by atoms with Crippen LogP contribution in [-0.4, -0.2) is 17.1 Å². The average molecular weight is 503 g/mol. The molecule has 2 aliphatic rings. The third kappa shape index (κ3) is 4.58. The van der Waals surface area contributed by atoms with Gasteiger partial charge in [-0.2, -0.15) is 13.2 Å². The average Bonchev–Trinajstić information content (AvgIpc) is 2.78. The molecular weight excluding hydrogens is 469 g/mol. The van der Waals surface area contributed by atoms with E-state index in [-0.39, 0.29) is 22.9 Å². The van der Waals surface area contributed by atoms with Crippen LogP contribution in [0.3, 0.4) is 0 Å². The van der Waals surface area contributed by atoms with Gasteiger partial charge < -0.3 is 15.7 Å². The van der Waals surface area contributed by atoms with Crippen molar-refractivity contribution < 1.29 is 27.9 Å². The Bertz CT molecular complexity index is 1180. The molecule has 0 aliphatic heterocycles. The maximum Gasteiger partial charge on any atom is 0.416 e. The smallest absolute Gasteiger partial charge is 0.416 e. The van der Waals surface area contributed by atoms with Crippen LogP contribution < -0.4 is 10.6 Å². The fraction of sp³-hybridized carbons (Fsp3) is 0.500. The first-order chi connectivity index (χ1) is 16.8. The number of hydrogen-bond donors (Lipinski definition) is 3. The molecule has 3 N–H and O–H groups in total. The quantitative estimate of drug-likeness (QED) is 0.403. The standard InChI is InChI=1S/C28H33F3N2O3/c1-16(2)20-14-17-6-11-23-26(3,12-5-13-27(23,4)24(34)35)21(17)15-22(20)33-25(36)32-19-9-7-18(8-10-19)28(29,30)31/h7-10,14-16,23H,5-6,11-13H2,1-4H3,(H,34,35)(H2,32,33,36)/t23-,26-,27-/m1/s1. The molecule has 3 atom stereocenters. The van der Waals surface area contributed by atoms with E-state index in [2.05, 4.69) is 23.6 Å². The van der Waals surface area contributed by atoms with Gasteiger partial charge in [-0.3, -0.25) is 4.79 Å². The van der Waals surface area contributed by atoms with E-state index in [1.165, 1.54) is 17.7 Å². The predicted octanol–water partition coefficient (Wildman–Crippen LogP) is 7.57. The van der Waals surface area contributed by atoms with Crippen molar-refractivity contribution in [3.63, 3.8) is 0 Å². The van der Waals surface area contributed by atoms with Gasteiger partial charge in [0.05, 0.1) is 11.0 Å². The molecule has 2 aromatic carbocycles. The first-order valence-electron chi connectivity index (χ1n) is 12.4. The van der Waals surface area contributed by atoms with Crippen LogP contribution in [0.15, 0.2) is 36.4 Å². The number of carbonyl (C=O) groups is 2. The number of hydrogen-bond acceptors (Lipinski definition) is 2. The Morgan fingerprint density at radius 2 is 1.72 bits per heavy atom. The number of nitrogens with one attached hydrogen (secondary N) is 2. The summed E-state index contributed by atoms with van der Waals surface area (Å²) in [5.41, 5.74) is 2.23. The number of aryl methyl sites for hydroxylation is 1. The maximum absolute atomic E-state index is 12.8. The van der Waals surface area contributed by atoms with Gasteiger partial charge in [0.15, 0.2) is 0 Å². The minimum Gasteiger partial charge on any atom is -0.481 e. The zero-order valence-electron chi connectivity index (χ0n) is 21.1. The fourth-order valence-electron chi connectivity index (χ4n) is 6.40. The van der Waals surface area contributed by atoms with Gasteiger partial charge in [-0.25, -0.2) is 4.79 Å². The zero-order valence-corrected chi connectivity index (χ0v) is 21.1. The molecule has 0 radical (unpaired) electrons. The van der Waals surface area contributed by atoms with Crippen molar-refractivity contribution in [1.29, 1.82) is 0 Å². The number of benzene rings is 2. The second-order valence-corrected chi connectivity index (χ2v) is 11.0. The number of anilines is 2. The van der Waals surface area contributed by atoms with E-state index in [0.29, 0.717) is 12.1 Å². The summed E-state index contributed by atoms with van der Waals surface area (Å²) in [5.74, 6) is -0.643. The van der Waals surface area contributed by atoms with Gasteiger partial charge in [0.2, 0.25) is 0 Å². The maximum atomic E-state index is 12.8. The Hall–Kier alpha value is -3.03. The van der Waals surface area contributed by atoms with Gasteiger partial charge in [-0.15, -0.1) is 0 Å². The topological polar surface area (TPSA) is 78.4 Å². The molecule has 0 heterocycles. The Balaban J connectivity index is 1.64. The monoisotopic (exact) mass is 502 g/mol. The lowest BCUT2D eigenvalue weighted by atomic mass is 9.49. The number of rotatable bonds is 4. The first-order valence-corrected chi connectivity index (χ1v) is 12.4. The molecular formula is C28H33F3N2O3. The number of urea groups is 1. The van der Waals surface area contributed by atoms with E-state index in [1.54, 1.807) is 0 Å². The summed E-state index contributed by atoms with van der Waals surface area (Å²) in [6.07, 6.45) is -0.492. The number of carboxylic acids is 1. The highest BCUT2D eigenvalue weighted by Crippen LogP contribution is 2.58. The van der Waals surface area contributed by atoms with Crippen LogP contribution in [-0.2, 0) is 22.8 Å². The van der Waals surface area contributed by atoms with Crippen LogP contribution in [0.5, 0.6) is 0 Å². The number of amides is 2. The van der Waals surface area contributed by atoms with Crippen LogP contribution in [0, 0.1) is 11.3 Å². The summed E-state index contributed by atoms with van der Waals surface area (Å²) in [6, 6.07) is 7.87. The van der Waals surface area contributed by atoms with Gasteiger partial charge in [-0.05, 0) is 96.9 Å². The molecule has 2 aliphatic carbocycles. The highest BCUT2D eigenvalue weighted by molar-refractivity contribution is 6.00. The molecule has 1 fully saturated rings. The van der Waals surface area contributed by atoms with Crippen molar-refractivity contribution >= 4 is 23.4 Å². The highest BCUT2D eigenvalue weighted by Gasteiger charge is 2.55.